The van der Waals surface area contributed by atoms with Gasteiger partial charge < -0.3 is 4.57 Å². The molecule has 0 atom stereocenters. The molecule has 74 heavy (non-hydrogen) atoms. The molecule has 0 unspecified atom stereocenters. The van der Waals surface area contributed by atoms with Gasteiger partial charge in [-0.05, 0) is 64.7 Å². The molecule has 8 nitrogen and oxygen atoms in total. The predicted octanol–water partition coefficient (Wildman–Crippen LogP) is 15.9. The number of fused-ring (bicyclic) bond motifs is 6. The number of hydrogen-bond donors (Lipinski definition) is 0. The smallest absolute Gasteiger partial charge is 0.238 e. The van der Waals surface area contributed by atoms with Crippen molar-refractivity contribution < 1.29 is 0 Å². The molecule has 0 saturated heterocycles. The highest BCUT2D eigenvalue weighted by atomic mass is 15.2. The Balaban J connectivity index is 0.906. The van der Waals surface area contributed by atoms with Crippen LogP contribution in [0, 0.1) is 0 Å². The van der Waals surface area contributed by atoms with E-state index < -0.39 is 0 Å². The van der Waals surface area contributed by atoms with Crippen LogP contribution in [0.3, 0.4) is 0 Å². The zero-order valence-electron chi connectivity index (χ0n) is 39.8. The van der Waals surface area contributed by atoms with Crippen LogP contribution in [0.15, 0.2) is 255 Å². The second-order valence-corrected chi connectivity index (χ2v) is 18.3. The molecule has 0 amide bonds. The van der Waals surface area contributed by atoms with Crippen LogP contribution in [0.2, 0.25) is 0 Å². The Labute approximate surface area is 426 Å². The molecule has 0 bridgehead atoms. The third-order valence-electron chi connectivity index (χ3n) is 13.8. The molecule has 14 aromatic rings. The van der Waals surface area contributed by atoms with Crippen LogP contribution in [0.1, 0.15) is 0 Å². The Morgan fingerprint density at radius 3 is 1.05 bits per heavy atom. The van der Waals surface area contributed by atoms with Gasteiger partial charge in [0.15, 0.2) is 29.1 Å². The average molecular weight is 947 g/mol. The van der Waals surface area contributed by atoms with Crippen molar-refractivity contribution in [3.63, 3.8) is 0 Å². The molecule has 8 heteroatoms. The van der Waals surface area contributed by atoms with Gasteiger partial charge in [-0.15, -0.1) is 0 Å². The molecular weight excluding hydrogens is 905 g/mol. The number of nitrogens with zero attached hydrogens (tertiary/aromatic N) is 8. The summed E-state index contributed by atoms with van der Waals surface area (Å²) in [5.74, 6) is 3.66. The number of aromatic nitrogens is 8. The van der Waals surface area contributed by atoms with Crippen LogP contribution >= 0.6 is 0 Å². The van der Waals surface area contributed by atoms with E-state index in [-0.39, 0.29) is 0 Å². The van der Waals surface area contributed by atoms with Crippen molar-refractivity contribution in [3.8, 4) is 90.8 Å². The molecule has 0 N–H and O–H groups in total. The Bertz CT molecular complexity index is 4300. The van der Waals surface area contributed by atoms with Gasteiger partial charge in [-0.1, -0.05) is 212 Å². The molecule has 0 aliphatic carbocycles. The molecule has 4 heterocycles. The van der Waals surface area contributed by atoms with Crippen LogP contribution in [-0.2, 0) is 0 Å². The highest BCUT2D eigenvalue weighted by molar-refractivity contribution is 6.17. The third kappa shape index (κ3) is 7.40. The van der Waals surface area contributed by atoms with Gasteiger partial charge in [0.1, 0.15) is 0 Å². The lowest BCUT2D eigenvalue weighted by Crippen LogP contribution is -2.06. The monoisotopic (exact) mass is 946 g/mol. The van der Waals surface area contributed by atoms with Gasteiger partial charge in [0, 0.05) is 55.0 Å². The van der Waals surface area contributed by atoms with Gasteiger partial charge in [-0.2, -0.15) is 9.97 Å². The molecule has 14 rings (SSSR count). The minimum absolute atomic E-state index is 0.561. The molecule has 0 fully saturated rings. The molecular formula is C66H42N8. The fourth-order valence-corrected chi connectivity index (χ4v) is 10.5. The fraction of sp³-hybridized carbons (Fsp3) is 0. The molecule has 10 aromatic carbocycles. The Morgan fingerprint density at radius 2 is 0.568 bits per heavy atom. The van der Waals surface area contributed by atoms with Crippen molar-refractivity contribution >= 4 is 43.6 Å². The SMILES string of the molecule is c1ccc(-c2nc(-c3ccccc3)nc(-c3cccc(-n4c5ccccc5c5c(-c6cccc(-c7cccc8c7c7ccccc7n8-c7nc(-c8ccccc8)nc(-c8ccccc8)n7)c6)cccc54)c3)n2)cc1. The summed E-state index contributed by atoms with van der Waals surface area (Å²) in [6, 6.07) is 88.4. The second kappa shape index (κ2) is 17.9. The van der Waals surface area contributed by atoms with E-state index in [1.54, 1.807) is 0 Å². The Kier molecular flexibility index (Phi) is 10.3. The van der Waals surface area contributed by atoms with E-state index in [9.17, 15) is 0 Å². The van der Waals surface area contributed by atoms with Gasteiger partial charge in [-0.3, -0.25) is 4.57 Å². The lowest BCUT2D eigenvalue weighted by molar-refractivity contribution is 0.953. The first-order valence-electron chi connectivity index (χ1n) is 24.7. The molecule has 4 aromatic heterocycles. The largest absolute Gasteiger partial charge is 0.309 e. The summed E-state index contributed by atoms with van der Waals surface area (Å²) in [6.45, 7) is 0. The molecule has 0 aliphatic heterocycles. The average Bonchev–Trinajstić information content (AvgIpc) is 4.04. The summed E-state index contributed by atoms with van der Waals surface area (Å²) in [7, 11) is 0. The van der Waals surface area contributed by atoms with E-state index in [4.69, 9.17) is 29.9 Å². The van der Waals surface area contributed by atoms with Crippen LogP contribution < -0.4 is 0 Å². The van der Waals surface area contributed by atoms with E-state index in [1.807, 2.05) is 121 Å². The topological polar surface area (TPSA) is 87.2 Å². The molecule has 0 spiro atoms. The molecule has 0 aliphatic rings. The summed E-state index contributed by atoms with van der Waals surface area (Å²) >= 11 is 0. The van der Waals surface area contributed by atoms with E-state index in [1.165, 1.54) is 10.8 Å². The van der Waals surface area contributed by atoms with E-state index in [2.05, 4.69) is 143 Å². The summed E-state index contributed by atoms with van der Waals surface area (Å²) < 4.78 is 4.55. The number of para-hydroxylation sites is 2. The van der Waals surface area contributed by atoms with Crippen molar-refractivity contribution in [2.45, 2.75) is 0 Å². The highest BCUT2D eigenvalue weighted by Gasteiger charge is 2.22. The number of rotatable bonds is 9. The minimum atomic E-state index is 0.561. The van der Waals surface area contributed by atoms with Gasteiger partial charge >= 0.3 is 0 Å². The summed E-state index contributed by atoms with van der Waals surface area (Å²) in [5, 5.41) is 4.59. The van der Waals surface area contributed by atoms with Gasteiger partial charge in [0.25, 0.3) is 0 Å². The van der Waals surface area contributed by atoms with E-state index >= 15 is 0 Å². The van der Waals surface area contributed by atoms with Crippen molar-refractivity contribution in [2.75, 3.05) is 0 Å². The van der Waals surface area contributed by atoms with Crippen LogP contribution in [-0.4, -0.2) is 39.0 Å². The maximum Gasteiger partial charge on any atom is 0.238 e. The maximum absolute atomic E-state index is 5.19. The normalized spacial score (nSPS) is 11.5. The first kappa shape index (κ1) is 42.7. The number of hydrogen-bond acceptors (Lipinski definition) is 6. The van der Waals surface area contributed by atoms with Crippen LogP contribution in [0.4, 0.5) is 0 Å². The molecule has 346 valence electrons. The Morgan fingerprint density at radius 1 is 0.230 bits per heavy atom. The second-order valence-electron chi connectivity index (χ2n) is 18.3. The van der Waals surface area contributed by atoms with E-state index in [0.29, 0.717) is 35.1 Å². The summed E-state index contributed by atoms with van der Waals surface area (Å²) in [6.07, 6.45) is 0. The minimum Gasteiger partial charge on any atom is -0.309 e. The van der Waals surface area contributed by atoms with Crippen molar-refractivity contribution in [1.29, 1.82) is 0 Å². The third-order valence-corrected chi connectivity index (χ3v) is 13.8. The van der Waals surface area contributed by atoms with Gasteiger partial charge in [0.2, 0.25) is 5.95 Å². The zero-order chi connectivity index (χ0) is 49.0. The predicted molar refractivity (Wildman–Crippen MR) is 300 cm³/mol. The van der Waals surface area contributed by atoms with Gasteiger partial charge in [0.05, 0.1) is 22.1 Å². The molecule has 0 saturated carbocycles. The zero-order valence-corrected chi connectivity index (χ0v) is 39.8. The van der Waals surface area contributed by atoms with Crippen molar-refractivity contribution in [3.05, 3.63) is 255 Å². The Hall–Kier alpha value is -10.2. The van der Waals surface area contributed by atoms with Crippen molar-refractivity contribution in [1.82, 2.24) is 39.0 Å². The maximum atomic E-state index is 5.19. The van der Waals surface area contributed by atoms with Crippen LogP contribution in [0.5, 0.6) is 0 Å². The van der Waals surface area contributed by atoms with Crippen LogP contribution in [0.25, 0.3) is 134 Å². The van der Waals surface area contributed by atoms with Crippen molar-refractivity contribution in [2.24, 2.45) is 0 Å². The quantitative estimate of drug-likeness (QED) is 0.143. The van der Waals surface area contributed by atoms with Gasteiger partial charge in [-0.25, -0.2) is 19.9 Å². The standard InChI is InChI=1S/C66H42N8/c1-5-21-43(22-6-1)61-67-62(44-23-7-2-8-24-44)69-65(68-61)49-31-18-32-50(42-49)73-55-37-15-13-33-53(55)59-51(35-19-39-57(59)73)47-29-17-30-48(41-47)52-36-20-40-58-60(52)54-34-14-16-38-56(54)74(58)66-71-63(45-25-9-3-10-26-45)70-64(72-66)46-27-11-4-12-28-46/h1-42H. The first-order valence-corrected chi connectivity index (χ1v) is 24.7. The lowest BCUT2D eigenvalue weighted by atomic mass is 9.94. The molecule has 0 radical (unpaired) electrons. The summed E-state index contributed by atoms with van der Waals surface area (Å²) in [5.41, 5.74) is 14.3. The van der Waals surface area contributed by atoms with E-state index in [0.717, 1.165) is 88.6 Å². The first-order chi connectivity index (χ1) is 36.7. The number of benzene rings is 10. The summed E-state index contributed by atoms with van der Waals surface area (Å²) in [4.78, 5) is 30.5. The fourth-order valence-electron chi connectivity index (χ4n) is 10.5. The lowest BCUT2D eigenvalue weighted by Gasteiger charge is -2.12. The highest BCUT2D eigenvalue weighted by Crippen LogP contribution is 2.43.